The van der Waals surface area contributed by atoms with Crippen LogP contribution in [0, 0.1) is 0 Å². The molecule has 0 saturated carbocycles. The molecule has 0 fully saturated rings. The summed E-state index contributed by atoms with van der Waals surface area (Å²) in [5.41, 5.74) is 1.13. The van der Waals surface area contributed by atoms with E-state index >= 15 is 0 Å². The summed E-state index contributed by atoms with van der Waals surface area (Å²) in [6, 6.07) is 5.93. The summed E-state index contributed by atoms with van der Waals surface area (Å²) in [7, 11) is 4.97. The first-order valence-corrected chi connectivity index (χ1v) is 8.35. The normalized spacial score (nSPS) is 12.2. The molecule has 0 heterocycles. The fraction of sp³-hybridized carbons (Fsp3) is 0.579. The van der Waals surface area contributed by atoms with Crippen molar-refractivity contribution in [3.63, 3.8) is 0 Å². The van der Waals surface area contributed by atoms with Crippen LogP contribution in [0.1, 0.15) is 24.8 Å². The molecule has 1 aromatic carbocycles. The second-order valence-corrected chi connectivity index (χ2v) is 5.79. The van der Waals surface area contributed by atoms with Gasteiger partial charge >= 0.3 is 0 Å². The van der Waals surface area contributed by atoms with Crippen molar-refractivity contribution in [1.29, 1.82) is 0 Å². The molecule has 0 aliphatic heterocycles. The van der Waals surface area contributed by atoms with E-state index in [4.69, 9.17) is 14.2 Å². The Balaban J connectivity index is 2.73. The third-order valence-corrected chi connectivity index (χ3v) is 3.85. The smallest absolute Gasteiger partial charge is 0.161 e. The summed E-state index contributed by atoms with van der Waals surface area (Å²) >= 11 is 0. The summed E-state index contributed by atoms with van der Waals surface area (Å²) in [5, 5.41) is 10.2. The van der Waals surface area contributed by atoms with Crippen molar-refractivity contribution in [1.82, 2.24) is 4.90 Å². The molecule has 0 aromatic heterocycles. The molecular formula is C19H31NO4. The summed E-state index contributed by atoms with van der Waals surface area (Å²) < 4.78 is 15.8. The van der Waals surface area contributed by atoms with Gasteiger partial charge in [0.25, 0.3) is 0 Å². The second-order valence-electron chi connectivity index (χ2n) is 5.79. The fourth-order valence-corrected chi connectivity index (χ4v) is 2.60. The first kappa shape index (κ1) is 20.5. The molecule has 1 rings (SSSR count). The molecule has 1 atom stereocenters. The van der Waals surface area contributed by atoms with Crippen molar-refractivity contribution in [3.05, 3.63) is 36.4 Å². The van der Waals surface area contributed by atoms with Gasteiger partial charge in [0.05, 0.1) is 20.3 Å². The Bertz CT molecular complexity index is 478. The molecule has 5 nitrogen and oxygen atoms in total. The first-order valence-electron chi connectivity index (χ1n) is 8.35. The SMILES string of the molecule is C=CCC[C@@H](O)CN(CCCOC)Cc1ccc(OC)c(OC)c1. The Labute approximate surface area is 145 Å². The quantitative estimate of drug-likeness (QED) is 0.443. The van der Waals surface area contributed by atoms with E-state index in [1.54, 1.807) is 21.3 Å². The maximum atomic E-state index is 10.2. The van der Waals surface area contributed by atoms with Gasteiger partial charge in [-0.2, -0.15) is 0 Å². The number of aliphatic hydroxyl groups is 1. The summed E-state index contributed by atoms with van der Waals surface area (Å²) in [6.07, 6.45) is 3.97. The van der Waals surface area contributed by atoms with E-state index in [2.05, 4.69) is 11.5 Å². The van der Waals surface area contributed by atoms with E-state index in [9.17, 15) is 5.11 Å². The molecule has 0 unspecified atom stereocenters. The van der Waals surface area contributed by atoms with Crippen LogP contribution in [0.4, 0.5) is 0 Å². The van der Waals surface area contributed by atoms with Crippen LogP contribution >= 0.6 is 0 Å². The molecular weight excluding hydrogens is 306 g/mol. The largest absolute Gasteiger partial charge is 0.493 e. The highest BCUT2D eigenvalue weighted by Crippen LogP contribution is 2.28. The van der Waals surface area contributed by atoms with Gasteiger partial charge in [0.1, 0.15) is 0 Å². The molecule has 1 N–H and O–H groups in total. The van der Waals surface area contributed by atoms with Gasteiger partial charge in [0.2, 0.25) is 0 Å². The first-order chi connectivity index (χ1) is 11.6. The van der Waals surface area contributed by atoms with Crippen LogP contribution in [-0.2, 0) is 11.3 Å². The summed E-state index contributed by atoms with van der Waals surface area (Å²) in [6.45, 7) is 6.67. The minimum absolute atomic E-state index is 0.356. The number of hydrogen-bond acceptors (Lipinski definition) is 5. The summed E-state index contributed by atoms with van der Waals surface area (Å²) in [5.74, 6) is 1.44. The van der Waals surface area contributed by atoms with Gasteiger partial charge in [0, 0.05) is 33.4 Å². The Kier molecular flexibility index (Phi) is 10.2. The van der Waals surface area contributed by atoms with E-state index in [1.165, 1.54) is 0 Å². The third kappa shape index (κ3) is 7.34. The molecule has 0 amide bonds. The van der Waals surface area contributed by atoms with E-state index in [1.807, 2.05) is 24.3 Å². The number of hydrogen-bond donors (Lipinski definition) is 1. The highest BCUT2D eigenvalue weighted by atomic mass is 16.5. The van der Waals surface area contributed by atoms with Crippen LogP contribution in [0.3, 0.4) is 0 Å². The number of nitrogens with zero attached hydrogens (tertiary/aromatic N) is 1. The Hall–Kier alpha value is -1.56. The van der Waals surface area contributed by atoms with E-state index < -0.39 is 0 Å². The maximum absolute atomic E-state index is 10.2. The Morgan fingerprint density at radius 1 is 1.21 bits per heavy atom. The molecule has 136 valence electrons. The number of benzene rings is 1. The molecule has 0 aliphatic rings. The van der Waals surface area contributed by atoms with E-state index in [-0.39, 0.29) is 6.10 Å². The van der Waals surface area contributed by atoms with Crippen LogP contribution in [0.5, 0.6) is 11.5 Å². The van der Waals surface area contributed by atoms with Gasteiger partial charge in [-0.3, -0.25) is 4.90 Å². The van der Waals surface area contributed by atoms with Crippen molar-refractivity contribution in [2.24, 2.45) is 0 Å². The Morgan fingerprint density at radius 3 is 2.58 bits per heavy atom. The number of methoxy groups -OCH3 is 3. The third-order valence-electron chi connectivity index (χ3n) is 3.85. The van der Waals surface area contributed by atoms with Gasteiger partial charge in [-0.05, 0) is 37.0 Å². The van der Waals surface area contributed by atoms with Crippen LogP contribution in [0.2, 0.25) is 0 Å². The highest BCUT2D eigenvalue weighted by molar-refractivity contribution is 5.42. The predicted molar refractivity (Wildman–Crippen MR) is 96.8 cm³/mol. The van der Waals surface area contributed by atoms with Crippen LogP contribution < -0.4 is 9.47 Å². The van der Waals surface area contributed by atoms with Gasteiger partial charge in [-0.25, -0.2) is 0 Å². The summed E-state index contributed by atoms with van der Waals surface area (Å²) in [4.78, 5) is 2.24. The molecule has 1 aromatic rings. The minimum Gasteiger partial charge on any atom is -0.493 e. The minimum atomic E-state index is -0.356. The molecule has 0 bridgehead atoms. The van der Waals surface area contributed by atoms with Crippen molar-refractivity contribution < 1.29 is 19.3 Å². The zero-order valence-electron chi connectivity index (χ0n) is 15.2. The molecule has 5 heteroatoms. The van der Waals surface area contributed by atoms with Crippen molar-refractivity contribution in [2.75, 3.05) is 41.0 Å². The fourth-order valence-electron chi connectivity index (χ4n) is 2.60. The van der Waals surface area contributed by atoms with Gasteiger partial charge in [-0.15, -0.1) is 6.58 Å². The monoisotopic (exact) mass is 337 g/mol. The van der Waals surface area contributed by atoms with E-state index in [0.717, 1.165) is 49.4 Å². The lowest BCUT2D eigenvalue weighted by atomic mass is 10.1. The van der Waals surface area contributed by atoms with Crippen molar-refractivity contribution >= 4 is 0 Å². The zero-order valence-corrected chi connectivity index (χ0v) is 15.2. The molecule has 0 spiro atoms. The van der Waals surface area contributed by atoms with Crippen molar-refractivity contribution in [2.45, 2.75) is 31.9 Å². The molecule has 0 saturated heterocycles. The van der Waals surface area contributed by atoms with Gasteiger partial charge in [-0.1, -0.05) is 12.1 Å². The average molecular weight is 337 g/mol. The van der Waals surface area contributed by atoms with Gasteiger partial charge in [0.15, 0.2) is 11.5 Å². The maximum Gasteiger partial charge on any atom is 0.161 e. The number of rotatable bonds is 13. The topological polar surface area (TPSA) is 51.2 Å². The number of ether oxygens (including phenoxy) is 3. The van der Waals surface area contributed by atoms with Gasteiger partial charge < -0.3 is 19.3 Å². The molecule has 24 heavy (non-hydrogen) atoms. The zero-order chi connectivity index (χ0) is 17.8. The second kappa shape index (κ2) is 11.9. The lowest BCUT2D eigenvalue weighted by Gasteiger charge is -2.25. The average Bonchev–Trinajstić information content (AvgIpc) is 2.59. The van der Waals surface area contributed by atoms with E-state index in [0.29, 0.717) is 13.2 Å². The lowest BCUT2D eigenvalue weighted by molar-refractivity contribution is 0.0941. The van der Waals surface area contributed by atoms with Crippen LogP contribution in [-0.4, -0.2) is 57.1 Å². The standard InChI is InChI=1S/C19H31NO4/c1-5-6-8-17(21)15-20(11-7-12-22-2)14-16-9-10-18(23-3)19(13-16)24-4/h5,9-10,13,17,21H,1,6-8,11-12,14-15H2,2-4H3/t17-/m1/s1. The number of aliphatic hydroxyl groups excluding tert-OH is 1. The predicted octanol–water partition coefficient (Wildman–Crippen LogP) is 2.87. The van der Waals surface area contributed by atoms with Crippen LogP contribution in [0.15, 0.2) is 30.9 Å². The van der Waals surface area contributed by atoms with Crippen molar-refractivity contribution in [3.8, 4) is 11.5 Å². The Morgan fingerprint density at radius 2 is 1.96 bits per heavy atom. The van der Waals surface area contributed by atoms with Crippen LogP contribution in [0.25, 0.3) is 0 Å². The lowest BCUT2D eigenvalue weighted by Crippen LogP contribution is -2.33. The molecule has 0 radical (unpaired) electrons. The molecule has 0 aliphatic carbocycles. The highest BCUT2D eigenvalue weighted by Gasteiger charge is 2.13. The number of allylic oxidation sites excluding steroid dienone is 1.